The van der Waals surface area contributed by atoms with E-state index in [1.165, 1.54) is 17.8 Å². The van der Waals surface area contributed by atoms with Crippen molar-refractivity contribution in [3.63, 3.8) is 0 Å². The van der Waals surface area contributed by atoms with Crippen molar-refractivity contribution in [1.29, 1.82) is 0 Å². The zero-order valence-electron chi connectivity index (χ0n) is 17.1. The quantitative estimate of drug-likeness (QED) is 0.515. The number of benzene rings is 2. The Morgan fingerprint density at radius 2 is 1.97 bits per heavy atom. The lowest BCUT2D eigenvalue weighted by molar-refractivity contribution is 0.288. The number of hydrogen-bond acceptors (Lipinski definition) is 5. The van der Waals surface area contributed by atoms with Gasteiger partial charge in [0.2, 0.25) is 5.88 Å². The maximum absolute atomic E-state index is 13.4. The first-order chi connectivity index (χ1) is 15.2. The largest absolute Gasteiger partial charge is 0.472 e. The standard InChI is InChI=1S/C24H24FN5O/c25-20-3-1-2-17(12-20)16-31-24-9-8-23-27-14-22(30(23)28-24)19-4-6-21(7-5-19)29-11-10-18(13-26)15-29/h1-9,12,14,18H,10-11,13,15-16,26H2. The van der Waals surface area contributed by atoms with Crippen molar-refractivity contribution in [2.75, 3.05) is 24.5 Å². The van der Waals surface area contributed by atoms with E-state index in [4.69, 9.17) is 10.5 Å². The third kappa shape index (κ3) is 4.09. The molecule has 0 saturated carbocycles. The molecule has 1 saturated heterocycles. The van der Waals surface area contributed by atoms with E-state index < -0.39 is 0 Å². The third-order valence-corrected chi connectivity index (χ3v) is 5.76. The van der Waals surface area contributed by atoms with Crippen molar-refractivity contribution in [1.82, 2.24) is 14.6 Å². The van der Waals surface area contributed by atoms with Gasteiger partial charge in [0.25, 0.3) is 0 Å². The van der Waals surface area contributed by atoms with Gasteiger partial charge in [0.05, 0.1) is 11.9 Å². The van der Waals surface area contributed by atoms with E-state index in [9.17, 15) is 4.39 Å². The van der Waals surface area contributed by atoms with Gasteiger partial charge in [-0.15, -0.1) is 5.10 Å². The highest BCUT2D eigenvalue weighted by Crippen LogP contribution is 2.27. The van der Waals surface area contributed by atoms with E-state index in [1.54, 1.807) is 16.6 Å². The van der Waals surface area contributed by atoms with Crippen LogP contribution >= 0.6 is 0 Å². The molecule has 2 N–H and O–H groups in total. The van der Waals surface area contributed by atoms with Crippen molar-refractivity contribution >= 4 is 11.3 Å². The summed E-state index contributed by atoms with van der Waals surface area (Å²) in [5.74, 6) is 0.753. The number of imidazole rings is 1. The number of rotatable bonds is 6. The highest BCUT2D eigenvalue weighted by molar-refractivity contribution is 5.66. The number of nitrogens with zero attached hydrogens (tertiary/aromatic N) is 4. The Kier molecular flexibility index (Phi) is 5.26. The van der Waals surface area contributed by atoms with Crippen LogP contribution in [0.4, 0.5) is 10.1 Å². The second kappa shape index (κ2) is 8.35. The van der Waals surface area contributed by atoms with E-state index >= 15 is 0 Å². The average molecular weight is 417 g/mol. The monoisotopic (exact) mass is 417 g/mol. The fourth-order valence-corrected chi connectivity index (χ4v) is 4.02. The zero-order chi connectivity index (χ0) is 21.2. The lowest BCUT2D eigenvalue weighted by Crippen LogP contribution is -2.22. The first-order valence-electron chi connectivity index (χ1n) is 10.5. The number of nitrogens with two attached hydrogens (primary N) is 1. The molecular formula is C24H24FN5O. The Balaban J connectivity index is 1.35. The molecule has 158 valence electrons. The summed E-state index contributed by atoms with van der Waals surface area (Å²) >= 11 is 0. The minimum Gasteiger partial charge on any atom is -0.472 e. The molecule has 1 atom stereocenters. The van der Waals surface area contributed by atoms with Crippen LogP contribution in [0.1, 0.15) is 12.0 Å². The zero-order valence-corrected chi connectivity index (χ0v) is 17.1. The van der Waals surface area contributed by atoms with Gasteiger partial charge in [-0.25, -0.2) is 13.9 Å². The molecule has 1 aliphatic heterocycles. The summed E-state index contributed by atoms with van der Waals surface area (Å²) in [6, 6.07) is 18.5. The predicted molar refractivity (Wildman–Crippen MR) is 119 cm³/mol. The van der Waals surface area contributed by atoms with Crippen LogP contribution in [-0.4, -0.2) is 34.2 Å². The first kappa shape index (κ1) is 19.5. The molecule has 1 fully saturated rings. The van der Waals surface area contributed by atoms with E-state index in [1.807, 2.05) is 18.3 Å². The lowest BCUT2D eigenvalue weighted by atomic mass is 10.1. The minimum atomic E-state index is -0.280. The Bertz CT molecular complexity index is 1190. The number of aromatic nitrogens is 3. The van der Waals surface area contributed by atoms with E-state index in [0.717, 1.165) is 48.5 Å². The van der Waals surface area contributed by atoms with Crippen LogP contribution in [0.15, 0.2) is 66.9 Å². The Hall–Kier alpha value is -3.45. The summed E-state index contributed by atoms with van der Waals surface area (Å²) in [4.78, 5) is 6.84. The number of ether oxygens (including phenoxy) is 1. The van der Waals surface area contributed by atoms with Crippen LogP contribution in [-0.2, 0) is 6.61 Å². The maximum Gasteiger partial charge on any atom is 0.232 e. The molecule has 0 spiro atoms. The van der Waals surface area contributed by atoms with Crippen molar-refractivity contribution in [3.05, 3.63) is 78.2 Å². The van der Waals surface area contributed by atoms with Gasteiger partial charge in [-0.2, -0.15) is 0 Å². The molecule has 5 rings (SSSR count). The van der Waals surface area contributed by atoms with Crippen LogP contribution in [0.2, 0.25) is 0 Å². The van der Waals surface area contributed by atoms with Crippen molar-refractivity contribution in [2.24, 2.45) is 11.7 Å². The third-order valence-electron chi connectivity index (χ3n) is 5.76. The van der Waals surface area contributed by atoms with Gasteiger partial charge in [0.1, 0.15) is 12.4 Å². The number of halogens is 1. The highest BCUT2D eigenvalue weighted by atomic mass is 19.1. The van der Waals surface area contributed by atoms with Gasteiger partial charge >= 0.3 is 0 Å². The topological polar surface area (TPSA) is 68.7 Å². The molecular weight excluding hydrogens is 393 g/mol. The number of anilines is 1. The van der Waals surface area contributed by atoms with Crippen LogP contribution in [0.5, 0.6) is 5.88 Å². The van der Waals surface area contributed by atoms with Gasteiger partial charge in [-0.05, 0) is 54.8 Å². The van der Waals surface area contributed by atoms with E-state index in [0.29, 0.717) is 11.8 Å². The van der Waals surface area contributed by atoms with Crippen LogP contribution < -0.4 is 15.4 Å². The molecule has 0 amide bonds. The summed E-state index contributed by atoms with van der Waals surface area (Å²) in [5.41, 5.74) is 10.4. The van der Waals surface area contributed by atoms with Crippen molar-refractivity contribution < 1.29 is 9.13 Å². The molecule has 31 heavy (non-hydrogen) atoms. The maximum atomic E-state index is 13.4. The van der Waals surface area contributed by atoms with Crippen LogP contribution in [0, 0.1) is 11.7 Å². The second-order valence-corrected chi connectivity index (χ2v) is 7.89. The molecule has 1 unspecified atom stereocenters. The molecule has 0 aliphatic carbocycles. The normalized spacial score (nSPS) is 16.2. The lowest BCUT2D eigenvalue weighted by Gasteiger charge is -2.18. The Morgan fingerprint density at radius 3 is 2.74 bits per heavy atom. The molecule has 2 aromatic carbocycles. The minimum absolute atomic E-state index is 0.245. The summed E-state index contributed by atoms with van der Waals surface area (Å²) in [6.07, 6.45) is 2.96. The molecule has 1 aliphatic rings. The van der Waals surface area contributed by atoms with Crippen LogP contribution in [0.3, 0.4) is 0 Å². The summed E-state index contributed by atoms with van der Waals surface area (Å²) in [7, 11) is 0. The molecule has 6 nitrogen and oxygen atoms in total. The summed E-state index contributed by atoms with van der Waals surface area (Å²) in [5, 5.41) is 4.58. The fraction of sp³-hybridized carbons (Fsp3) is 0.250. The predicted octanol–water partition coefficient (Wildman–Crippen LogP) is 3.90. The Labute approximate surface area is 180 Å². The summed E-state index contributed by atoms with van der Waals surface area (Å²) in [6.45, 7) is 3.05. The van der Waals surface area contributed by atoms with E-state index in [2.05, 4.69) is 39.2 Å². The van der Waals surface area contributed by atoms with Gasteiger partial charge in [0, 0.05) is 30.4 Å². The van der Waals surface area contributed by atoms with E-state index in [-0.39, 0.29) is 12.4 Å². The molecule has 3 heterocycles. The first-order valence-corrected chi connectivity index (χ1v) is 10.5. The molecule has 7 heteroatoms. The van der Waals surface area contributed by atoms with Gasteiger partial charge < -0.3 is 15.4 Å². The van der Waals surface area contributed by atoms with Crippen molar-refractivity contribution in [3.8, 4) is 17.1 Å². The summed E-state index contributed by atoms with van der Waals surface area (Å²) < 4.78 is 20.9. The molecule has 0 bridgehead atoms. The Morgan fingerprint density at radius 1 is 1.10 bits per heavy atom. The highest BCUT2D eigenvalue weighted by Gasteiger charge is 2.21. The van der Waals surface area contributed by atoms with Crippen LogP contribution in [0.25, 0.3) is 16.9 Å². The SMILES string of the molecule is NCC1CCN(c2ccc(-c3cnc4ccc(OCc5cccc(F)c5)nn34)cc2)C1. The fourth-order valence-electron chi connectivity index (χ4n) is 4.02. The second-order valence-electron chi connectivity index (χ2n) is 7.89. The smallest absolute Gasteiger partial charge is 0.232 e. The molecule has 0 radical (unpaired) electrons. The number of fused-ring (bicyclic) bond motifs is 1. The average Bonchev–Trinajstić information content (AvgIpc) is 3.45. The van der Waals surface area contributed by atoms with Gasteiger partial charge in [-0.1, -0.05) is 24.3 Å². The van der Waals surface area contributed by atoms with Crippen molar-refractivity contribution in [2.45, 2.75) is 13.0 Å². The van der Waals surface area contributed by atoms with Gasteiger partial charge in [0.15, 0.2) is 5.65 Å². The molecule has 2 aromatic heterocycles. The number of hydrogen-bond donors (Lipinski definition) is 1. The molecule has 4 aromatic rings. The van der Waals surface area contributed by atoms with Gasteiger partial charge in [-0.3, -0.25) is 0 Å².